The second kappa shape index (κ2) is 7.47. The van der Waals surface area contributed by atoms with E-state index in [1.807, 2.05) is 40.8 Å². The Morgan fingerprint density at radius 3 is 3.04 bits per heavy atom. The van der Waals surface area contributed by atoms with Crippen LogP contribution in [0.25, 0.3) is 5.65 Å². The molecule has 0 spiro atoms. The maximum Gasteiger partial charge on any atom is 0.222 e. The fourth-order valence-corrected chi connectivity index (χ4v) is 3.08. The first-order valence-corrected chi connectivity index (χ1v) is 8.61. The fourth-order valence-electron chi connectivity index (χ4n) is 3.08. The van der Waals surface area contributed by atoms with Crippen LogP contribution in [0.2, 0.25) is 0 Å². The standard InChI is InChI=1S/C18H24N4O2/c1-14-6-5-10-22-13-15(20-18(14)22)12-19-16(23)8-11-21-9-4-2-3-7-17(21)24/h5-6,10,13H,2-4,7-9,11-12H2,1H3,(H,19,23). The summed E-state index contributed by atoms with van der Waals surface area (Å²) in [6.07, 6.45) is 7.94. The van der Waals surface area contributed by atoms with Gasteiger partial charge in [0.25, 0.3) is 0 Å². The number of hydrogen-bond acceptors (Lipinski definition) is 3. The largest absolute Gasteiger partial charge is 0.350 e. The van der Waals surface area contributed by atoms with Crippen LogP contribution in [0.4, 0.5) is 0 Å². The number of rotatable bonds is 5. The summed E-state index contributed by atoms with van der Waals surface area (Å²) >= 11 is 0. The third-order valence-corrected chi connectivity index (χ3v) is 4.47. The maximum absolute atomic E-state index is 12.1. The van der Waals surface area contributed by atoms with E-state index in [1.54, 1.807) is 0 Å². The predicted octanol–water partition coefficient (Wildman–Crippen LogP) is 2.05. The van der Waals surface area contributed by atoms with E-state index >= 15 is 0 Å². The number of aromatic nitrogens is 2. The predicted molar refractivity (Wildman–Crippen MR) is 91.4 cm³/mol. The van der Waals surface area contributed by atoms with Crippen molar-refractivity contribution in [1.29, 1.82) is 0 Å². The van der Waals surface area contributed by atoms with E-state index in [2.05, 4.69) is 10.3 Å². The quantitative estimate of drug-likeness (QED) is 0.913. The molecule has 128 valence electrons. The third kappa shape index (κ3) is 3.93. The number of likely N-dealkylation sites (tertiary alicyclic amines) is 1. The lowest BCUT2D eigenvalue weighted by Crippen LogP contribution is -2.34. The van der Waals surface area contributed by atoms with Gasteiger partial charge in [0.1, 0.15) is 5.65 Å². The van der Waals surface area contributed by atoms with Crippen molar-refractivity contribution in [2.75, 3.05) is 13.1 Å². The minimum absolute atomic E-state index is 0.0409. The topological polar surface area (TPSA) is 66.7 Å². The normalized spacial score (nSPS) is 15.5. The zero-order valence-corrected chi connectivity index (χ0v) is 14.1. The Balaban J connectivity index is 1.49. The summed E-state index contributed by atoms with van der Waals surface area (Å²) in [5.74, 6) is 0.136. The van der Waals surface area contributed by atoms with Crippen molar-refractivity contribution in [2.24, 2.45) is 0 Å². The zero-order valence-electron chi connectivity index (χ0n) is 14.1. The number of imidazole rings is 1. The Kier molecular flexibility index (Phi) is 5.13. The van der Waals surface area contributed by atoms with E-state index in [4.69, 9.17) is 0 Å². The number of hydrogen-bond donors (Lipinski definition) is 1. The van der Waals surface area contributed by atoms with Crippen molar-refractivity contribution in [3.63, 3.8) is 0 Å². The highest BCUT2D eigenvalue weighted by Crippen LogP contribution is 2.12. The molecule has 0 radical (unpaired) electrons. The van der Waals surface area contributed by atoms with Crippen molar-refractivity contribution in [2.45, 2.75) is 45.6 Å². The van der Waals surface area contributed by atoms with Crippen LogP contribution >= 0.6 is 0 Å². The average molecular weight is 328 g/mol. The highest BCUT2D eigenvalue weighted by atomic mass is 16.2. The molecule has 1 saturated heterocycles. The molecule has 0 atom stereocenters. The molecule has 0 saturated carbocycles. The van der Waals surface area contributed by atoms with Crippen LogP contribution in [0.5, 0.6) is 0 Å². The molecule has 1 aliphatic rings. The third-order valence-electron chi connectivity index (χ3n) is 4.47. The van der Waals surface area contributed by atoms with Gasteiger partial charge in [0, 0.05) is 38.3 Å². The lowest BCUT2D eigenvalue weighted by Gasteiger charge is -2.19. The van der Waals surface area contributed by atoms with E-state index in [1.165, 1.54) is 0 Å². The van der Waals surface area contributed by atoms with E-state index < -0.39 is 0 Å². The second-order valence-electron chi connectivity index (χ2n) is 6.37. The highest BCUT2D eigenvalue weighted by Gasteiger charge is 2.17. The molecule has 1 aliphatic heterocycles. The molecule has 3 rings (SSSR count). The minimum Gasteiger partial charge on any atom is -0.350 e. The molecule has 0 unspecified atom stereocenters. The van der Waals surface area contributed by atoms with Gasteiger partial charge in [-0.1, -0.05) is 12.5 Å². The average Bonchev–Trinajstić information content (AvgIpc) is 2.89. The van der Waals surface area contributed by atoms with Crippen LogP contribution < -0.4 is 5.32 Å². The number of nitrogens with one attached hydrogen (secondary N) is 1. The molecule has 6 heteroatoms. The Bertz CT molecular complexity index is 738. The van der Waals surface area contributed by atoms with E-state index in [0.29, 0.717) is 25.9 Å². The molecular weight excluding hydrogens is 304 g/mol. The first kappa shape index (κ1) is 16.5. The molecular formula is C18H24N4O2. The molecule has 1 N–H and O–H groups in total. The van der Waals surface area contributed by atoms with Crippen LogP contribution in [-0.4, -0.2) is 39.2 Å². The summed E-state index contributed by atoms with van der Waals surface area (Å²) in [5.41, 5.74) is 2.86. The Labute approximate surface area is 141 Å². The van der Waals surface area contributed by atoms with E-state index in [9.17, 15) is 9.59 Å². The van der Waals surface area contributed by atoms with Gasteiger partial charge in [0.2, 0.25) is 11.8 Å². The van der Waals surface area contributed by atoms with Crippen molar-refractivity contribution < 1.29 is 9.59 Å². The SMILES string of the molecule is Cc1cccn2cc(CNC(=O)CCN3CCCCCC3=O)nc12. The second-order valence-corrected chi connectivity index (χ2v) is 6.37. The van der Waals surface area contributed by atoms with Crippen molar-refractivity contribution in [3.05, 3.63) is 35.8 Å². The summed E-state index contributed by atoms with van der Waals surface area (Å²) in [6, 6.07) is 3.99. The van der Waals surface area contributed by atoms with Crippen molar-refractivity contribution in [3.8, 4) is 0 Å². The van der Waals surface area contributed by atoms with Gasteiger partial charge in [-0.15, -0.1) is 0 Å². The first-order chi connectivity index (χ1) is 11.6. The van der Waals surface area contributed by atoms with Crippen molar-refractivity contribution in [1.82, 2.24) is 19.6 Å². The van der Waals surface area contributed by atoms with Crippen LogP contribution in [0.15, 0.2) is 24.5 Å². The molecule has 3 heterocycles. The molecule has 0 aliphatic carbocycles. The van der Waals surface area contributed by atoms with Gasteiger partial charge < -0.3 is 14.6 Å². The summed E-state index contributed by atoms with van der Waals surface area (Å²) in [4.78, 5) is 30.3. The number of carbonyl (C=O) groups is 2. The first-order valence-electron chi connectivity index (χ1n) is 8.61. The van der Waals surface area contributed by atoms with Crippen LogP contribution in [0.3, 0.4) is 0 Å². The highest BCUT2D eigenvalue weighted by molar-refractivity contribution is 5.79. The Morgan fingerprint density at radius 2 is 2.21 bits per heavy atom. The Morgan fingerprint density at radius 1 is 1.33 bits per heavy atom. The maximum atomic E-state index is 12.1. The zero-order chi connectivity index (χ0) is 16.9. The van der Waals surface area contributed by atoms with Gasteiger partial charge in [0.05, 0.1) is 12.2 Å². The van der Waals surface area contributed by atoms with Crippen LogP contribution in [0, 0.1) is 6.92 Å². The van der Waals surface area contributed by atoms with E-state index in [-0.39, 0.29) is 11.8 Å². The van der Waals surface area contributed by atoms with Gasteiger partial charge >= 0.3 is 0 Å². The summed E-state index contributed by atoms with van der Waals surface area (Å²) < 4.78 is 1.97. The molecule has 2 amide bonds. The monoisotopic (exact) mass is 328 g/mol. The molecule has 1 fully saturated rings. The lowest BCUT2D eigenvalue weighted by atomic mass is 10.2. The number of nitrogens with zero attached hydrogens (tertiary/aromatic N) is 3. The summed E-state index contributed by atoms with van der Waals surface area (Å²) in [5, 5.41) is 2.90. The number of carbonyl (C=O) groups excluding carboxylic acids is 2. The molecule has 2 aromatic rings. The molecule has 0 bridgehead atoms. The number of pyridine rings is 1. The summed E-state index contributed by atoms with van der Waals surface area (Å²) in [7, 11) is 0. The van der Waals surface area contributed by atoms with Crippen LogP contribution in [-0.2, 0) is 16.1 Å². The minimum atomic E-state index is -0.0409. The Hall–Kier alpha value is -2.37. The molecule has 0 aromatic carbocycles. The van der Waals surface area contributed by atoms with Crippen molar-refractivity contribution >= 4 is 17.5 Å². The molecule has 6 nitrogen and oxygen atoms in total. The van der Waals surface area contributed by atoms with E-state index in [0.717, 1.165) is 42.7 Å². The number of aryl methyl sites for hydroxylation is 1. The molecule has 24 heavy (non-hydrogen) atoms. The number of fused-ring (bicyclic) bond motifs is 1. The van der Waals surface area contributed by atoms with Crippen LogP contribution in [0.1, 0.15) is 43.4 Å². The fraction of sp³-hybridized carbons (Fsp3) is 0.500. The lowest BCUT2D eigenvalue weighted by molar-refractivity contribution is -0.131. The van der Waals surface area contributed by atoms with Gasteiger partial charge in [-0.3, -0.25) is 9.59 Å². The smallest absolute Gasteiger partial charge is 0.222 e. The van der Waals surface area contributed by atoms with Gasteiger partial charge in [-0.05, 0) is 31.4 Å². The molecule has 2 aromatic heterocycles. The van der Waals surface area contributed by atoms with Gasteiger partial charge in [-0.25, -0.2) is 4.98 Å². The summed E-state index contributed by atoms with van der Waals surface area (Å²) in [6.45, 7) is 3.71. The van der Waals surface area contributed by atoms with Gasteiger partial charge in [-0.2, -0.15) is 0 Å². The van der Waals surface area contributed by atoms with Gasteiger partial charge in [0.15, 0.2) is 0 Å². The number of amides is 2.